The van der Waals surface area contributed by atoms with E-state index in [1.807, 2.05) is 39.6 Å². The van der Waals surface area contributed by atoms with E-state index in [4.69, 9.17) is 0 Å². The largest absolute Gasteiger partial charge is 0.507 e. The lowest BCUT2D eigenvalue weighted by Crippen LogP contribution is -2.51. The number of fused-ring (bicyclic) bond motifs is 1. The highest BCUT2D eigenvalue weighted by atomic mass is 19.1. The molecule has 0 unspecified atom stereocenters. The van der Waals surface area contributed by atoms with Crippen molar-refractivity contribution in [2.24, 2.45) is 0 Å². The van der Waals surface area contributed by atoms with E-state index in [1.165, 1.54) is 22.8 Å². The Bertz CT molecular complexity index is 1580. The maximum absolute atomic E-state index is 15.7. The molecule has 1 atom stereocenters. The zero-order chi connectivity index (χ0) is 27.3. The van der Waals surface area contributed by atoms with Gasteiger partial charge in [-0.05, 0) is 56.6 Å². The third-order valence-corrected chi connectivity index (χ3v) is 7.06. The summed E-state index contributed by atoms with van der Waals surface area (Å²) < 4.78 is 31.9. The molecular formula is C28H30F2N6O2. The molecule has 1 N–H and O–H groups in total. The maximum atomic E-state index is 15.7. The van der Waals surface area contributed by atoms with Crippen molar-refractivity contribution in [1.82, 2.24) is 24.4 Å². The Kier molecular flexibility index (Phi) is 6.60. The summed E-state index contributed by atoms with van der Waals surface area (Å²) in [6.07, 6.45) is 1.67. The number of aromatic nitrogens is 4. The van der Waals surface area contributed by atoms with Gasteiger partial charge in [-0.25, -0.2) is 23.1 Å². The number of hydrogen-bond acceptors (Lipinski definition) is 7. The Morgan fingerprint density at radius 2 is 1.87 bits per heavy atom. The molecular weight excluding hydrogens is 490 g/mol. The molecule has 4 heterocycles. The summed E-state index contributed by atoms with van der Waals surface area (Å²) >= 11 is 0. The third kappa shape index (κ3) is 4.28. The van der Waals surface area contributed by atoms with Gasteiger partial charge < -0.3 is 14.9 Å². The van der Waals surface area contributed by atoms with Crippen LogP contribution in [0.2, 0.25) is 0 Å². The SMILES string of the molecule is Cc1ccnc(C(C)C)c1-n1c(=O)nc(N2CCN(C)C[C@@H]2C)c2cc(F)c(-c3c(O)cccc3F)nc21. The second-order valence-corrected chi connectivity index (χ2v) is 10.2. The molecule has 1 saturated heterocycles. The zero-order valence-corrected chi connectivity index (χ0v) is 22.0. The van der Waals surface area contributed by atoms with Crippen LogP contribution in [0.25, 0.3) is 28.0 Å². The number of phenols is 1. The number of pyridine rings is 2. The number of halogens is 2. The predicted octanol–water partition coefficient (Wildman–Crippen LogP) is 4.40. The van der Waals surface area contributed by atoms with E-state index in [0.717, 1.165) is 24.7 Å². The Hall–Kier alpha value is -3.92. The lowest BCUT2D eigenvalue weighted by atomic mass is 10.0. The van der Waals surface area contributed by atoms with Crippen LogP contribution in [-0.2, 0) is 0 Å². The highest BCUT2D eigenvalue weighted by Gasteiger charge is 2.29. The number of piperazine rings is 1. The van der Waals surface area contributed by atoms with E-state index in [-0.39, 0.29) is 23.2 Å². The van der Waals surface area contributed by atoms with Crippen LogP contribution in [0.4, 0.5) is 14.6 Å². The topological polar surface area (TPSA) is 87.4 Å². The average Bonchev–Trinajstić information content (AvgIpc) is 2.85. The van der Waals surface area contributed by atoms with Crippen molar-refractivity contribution in [3.63, 3.8) is 0 Å². The zero-order valence-electron chi connectivity index (χ0n) is 22.0. The van der Waals surface area contributed by atoms with Crippen molar-refractivity contribution in [2.75, 3.05) is 31.6 Å². The van der Waals surface area contributed by atoms with Crippen LogP contribution in [0.3, 0.4) is 0 Å². The number of aromatic hydroxyl groups is 1. The fraction of sp³-hybridized carbons (Fsp3) is 0.357. The molecule has 0 saturated carbocycles. The van der Waals surface area contributed by atoms with E-state index in [1.54, 1.807) is 12.3 Å². The Morgan fingerprint density at radius 1 is 1.11 bits per heavy atom. The molecule has 4 aromatic rings. The van der Waals surface area contributed by atoms with Crippen LogP contribution in [-0.4, -0.2) is 62.2 Å². The van der Waals surface area contributed by atoms with E-state index in [0.29, 0.717) is 29.1 Å². The number of aryl methyl sites for hydroxylation is 1. The number of phenolic OH excluding ortho intramolecular Hbond substituents is 1. The van der Waals surface area contributed by atoms with Crippen LogP contribution in [0, 0.1) is 18.6 Å². The number of rotatable bonds is 4. The van der Waals surface area contributed by atoms with Crippen molar-refractivity contribution in [2.45, 2.75) is 39.7 Å². The van der Waals surface area contributed by atoms with Gasteiger partial charge in [-0.15, -0.1) is 0 Å². The highest BCUT2D eigenvalue weighted by Crippen LogP contribution is 2.36. The van der Waals surface area contributed by atoms with E-state index >= 15 is 4.39 Å². The van der Waals surface area contributed by atoms with Crippen molar-refractivity contribution in [3.05, 3.63) is 69.9 Å². The van der Waals surface area contributed by atoms with Crippen molar-refractivity contribution >= 4 is 16.9 Å². The molecule has 5 rings (SSSR count). The molecule has 1 aliphatic rings. The van der Waals surface area contributed by atoms with Crippen LogP contribution >= 0.6 is 0 Å². The van der Waals surface area contributed by atoms with Crippen molar-refractivity contribution < 1.29 is 13.9 Å². The minimum atomic E-state index is -0.833. The van der Waals surface area contributed by atoms with Crippen LogP contribution in [0.1, 0.15) is 37.9 Å². The van der Waals surface area contributed by atoms with Gasteiger partial charge in [0.15, 0.2) is 11.5 Å². The monoisotopic (exact) mass is 520 g/mol. The summed E-state index contributed by atoms with van der Waals surface area (Å²) in [6, 6.07) is 6.73. The third-order valence-electron chi connectivity index (χ3n) is 7.06. The minimum absolute atomic E-state index is 0.00408. The van der Waals surface area contributed by atoms with E-state index in [9.17, 15) is 14.3 Å². The summed E-state index contributed by atoms with van der Waals surface area (Å²) in [5.74, 6) is -1.83. The first kappa shape index (κ1) is 25.7. The fourth-order valence-corrected chi connectivity index (χ4v) is 5.19. The van der Waals surface area contributed by atoms with Gasteiger partial charge in [0.1, 0.15) is 23.1 Å². The lowest BCUT2D eigenvalue weighted by Gasteiger charge is -2.39. The molecule has 1 fully saturated rings. The summed E-state index contributed by atoms with van der Waals surface area (Å²) in [5, 5.41) is 10.7. The van der Waals surface area contributed by atoms with E-state index < -0.39 is 28.8 Å². The second kappa shape index (κ2) is 9.75. The number of hydrogen-bond donors (Lipinski definition) is 1. The maximum Gasteiger partial charge on any atom is 0.355 e. The molecule has 8 nitrogen and oxygen atoms in total. The van der Waals surface area contributed by atoms with Crippen LogP contribution in [0.5, 0.6) is 5.75 Å². The first-order valence-electron chi connectivity index (χ1n) is 12.6. The second-order valence-electron chi connectivity index (χ2n) is 10.2. The van der Waals surface area contributed by atoms with Gasteiger partial charge >= 0.3 is 5.69 Å². The molecule has 3 aromatic heterocycles. The summed E-state index contributed by atoms with van der Waals surface area (Å²) in [4.78, 5) is 31.4. The summed E-state index contributed by atoms with van der Waals surface area (Å²) in [5.41, 5.74) is 0.670. The minimum Gasteiger partial charge on any atom is -0.507 e. The first-order chi connectivity index (χ1) is 18.1. The highest BCUT2D eigenvalue weighted by molar-refractivity contribution is 5.91. The average molecular weight is 521 g/mol. The summed E-state index contributed by atoms with van der Waals surface area (Å²) in [7, 11) is 2.02. The molecule has 0 aliphatic carbocycles. The number of benzene rings is 1. The van der Waals surface area contributed by atoms with Gasteiger partial charge in [0.2, 0.25) is 0 Å². The standard InChI is InChI=1S/C28H30F2N6O2/c1-15(2)23-25(16(3)9-10-31-23)36-27-18(26(33-28(36)38)35-12-11-34(5)14-17(35)4)13-20(30)24(32-27)22-19(29)7-6-8-21(22)37/h6-10,13,15,17,37H,11-12,14H2,1-5H3/t17-/m0/s1. The Labute approximate surface area is 219 Å². The lowest BCUT2D eigenvalue weighted by molar-refractivity contribution is 0.275. The molecule has 198 valence electrons. The molecule has 0 spiro atoms. The predicted molar refractivity (Wildman–Crippen MR) is 143 cm³/mol. The Morgan fingerprint density at radius 3 is 2.55 bits per heavy atom. The van der Waals surface area contributed by atoms with Crippen LogP contribution in [0.15, 0.2) is 41.3 Å². The molecule has 1 aliphatic heterocycles. The van der Waals surface area contributed by atoms with Gasteiger partial charge in [-0.1, -0.05) is 19.9 Å². The fourth-order valence-electron chi connectivity index (χ4n) is 5.19. The Balaban J connectivity index is 1.90. The van der Waals surface area contributed by atoms with Crippen LogP contribution < -0.4 is 10.6 Å². The van der Waals surface area contributed by atoms with Crippen molar-refractivity contribution in [1.29, 1.82) is 0 Å². The van der Waals surface area contributed by atoms with Crippen molar-refractivity contribution in [3.8, 4) is 22.7 Å². The normalized spacial score (nSPS) is 16.5. The molecule has 10 heteroatoms. The van der Waals surface area contributed by atoms with Gasteiger partial charge in [0.05, 0.1) is 22.3 Å². The number of nitrogens with zero attached hydrogens (tertiary/aromatic N) is 6. The molecule has 1 aromatic carbocycles. The molecule has 0 bridgehead atoms. The molecule has 0 amide bonds. The van der Waals surface area contributed by atoms with Gasteiger partial charge in [-0.2, -0.15) is 4.98 Å². The molecule has 38 heavy (non-hydrogen) atoms. The van der Waals surface area contributed by atoms with E-state index in [2.05, 4.69) is 19.9 Å². The first-order valence-corrected chi connectivity index (χ1v) is 12.6. The smallest absolute Gasteiger partial charge is 0.355 e. The van der Waals surface area contributed by atoms with Gasteiger partial charge in [-0.3, -0.25) is 4.98 Å². The summed E-state index contributed by atoms with van der Waals surface area (Å²) in [6.45, 7) is 9.86. The van der Waals surface area contributed by atoms with Gasteiger partial charge in [0.25, 0.3) is 0 Å². The number of anilines is 1. The van der Waals surface area contributed by atoms with Gasteiger partial charge in [0, 0.05) is 31.9 Å². The quantitative estimate of drug-likeness (QED) is 0.427. The molecule has 0 radical (unpaired) electrons. The number of likely N-dealkylation sites (N-methyl/N-ethyl adjacent to an activating group) is 1.